The molecule has 0 aliphatic carbocycles. The Bertz CT molecular complexity index is 590. The predicted octanol–water partition coefficient (Wildman–Crippen LogP) is 4.34. The van der Waals surface area contributed by atoms with E-state index in [0.717, 1.165) is 10.0 Å². The Morgan fingerprint density at radius 3 is 2.52 bits per heavy atom. The van der Waals surface area contributed by atoms with E-state index in [2.05, 4.69) is 21.2 Å². The number of halogens is 3. The standard InChI is InChI=1S/C16H16BrF2NO/c1-20-10-12-9-14(17)7-8-15(12)21-11-16(18,19)13-5-3-2-4-6-13/h2-9,20H,10-11H2,1H3. The van der Waals surface area contributed by atoms with Crippen molar-refractivity contribution in [1.82, 2.24) is 5.32 Å². The number of benzene rings is 2. The van der Waals surface area contributed by atoms with Gasteiger partial charge in [0.2, 0.25) is 0 Å². The van der Waals surface area contributed by atoms with Crippen LogP contribution in [0.15, 0.2) is 53.0 Å². The van der Waals surface area contributed by atoms with Crippen LogP contribution < -0.4 is 10.1 Å². The number of hydrogen-bond acceptors (Lipinski definition) is 2. The fourth-order valence-electron chi connectivity index (χ4n) is 1.95. The highest BCUT2D eigenvalue weighted by Gasteiger charge is 2.32. The molecule has 0 atom stereocenters. The molecule has 21 heavy (non-hydrogen) atoms. The van der Waals surface area contributed by atoms with Crippen LogP contribution in [-0.2, 0) is 12.5 Å². The van der Waals surface area contributed by atoms with Crippen molar-refractivity contribution >= 4 is 15.9 Å². The van der Waals surface area contributed by atoms with E-state index < -0.39 is 12.5 Å². The number of rotatable bonds is 6. The SMILES string of the molecule is CNCc1cc(Br)ccc1OCC(F)(F)c1ccccc1. The van der Waals surface area contributed by atoms with Crippen LogP contribution in [0.3, 0.4) is 0 Å². The highest BCUT2D eigenvalue weighted by molar-refractivity contribution is 9.10. The molecule has 112 valence electrons. The van der Waals surface area contributed by atoms with Gasteiger partial charge in [0, 0.05) is 22.1 Å². The van der Waals surface area contributed by atoms with Crippen molar-refractivity contribution < 1.29 is 13.5 Å². The van der Waals surface area contributed by atoms with Gasteiger partial charge in [-0.15, -0.1) is 0 Å². The molecule has 0 amide bonds. The summed E-state index contributed by atoms with van der Waals surface area (Å²) in [5.74, 6) is -2.56. The molecule has 0 saturated heterocycles. The summed E-state index contributed by atoms with van der Waals surface area (Å²) < 4.78 is 34.4. The Hall–Kier alpha value is -1.46. The lowest BCUT2D eigenvalue weighted by Gasteiger charge is -2.19. The maximum atomic E-state index is 14.1. The molecule has 0 saturated carbocycles. The van der Waals surface area contributed by atoms with Gasteiger partial charge in [-0.2, -0.15) is 8.78 Å². The lowest BCUT2D eigenvalue weighted by Crippen LogP contribution is -2.23. The third kappa shape index (κ3) is 4.25. The molecule has 0 aliphatic rings. The molecule has 0 aliphatic heterocycles. The molecule has 2 aromatic carbocycles. The van der Waals surface area contributed by atoms with Crippen molar-refractivity contribution in [3.05, 3.63) is 64.1 Å². The maximum Gasteiger partial charge on any atom is 0.306 e. The molecule has 2 nitrogen and oxygen atoms in total. The van der Waals surface area contributed by atoms with Gasteiger partial charge in [0.1, 0.15) is 5.75 Å². The van der Waals surface area contributed by atoms with Crippen molar-refractivity contribution in [2.45, 2.75) is 12.5 Å². The maximum absolute atomic E-state index is 14.1. The fraction of sp³-hybridized carbons (Fsp3) is 0.250. The molecule has 1 N–H and O–H groups in total. The van der Waals surface area contributed by atoms with Crippen LogP contribution in [0.1, 0.15) is 11.1 Å². The number of hydrogen-bond donors (Lipinski definition) is 1. The van der Waals surface area contributed by atoms with E-state index in [9.17, 15) is 8.78 Å². The van der Waals surface area contributed by atoms with Crippen LogP contribution in [0, 0.1) is 0 Å². The molecule has 2 rings (SSSR count). The van der Waals surface area contributed by atoms with E-state index in [4.69, 9.17) is 4.74 Å². The molecule has 0 unspecified atom stereocenters. The molecule has 0 heterocycles. The van der Waals surface area contributed by atoms with Gasteiger partial charge in [-0.25, -0.2) is 0 Å². The molecule has 2 aromatic rings. The van der Waals surface area contributed by atoms with Crippen molar-refractivity contribution in [2.75, 3.05) is 13.7 Å². The van der Waals surface area contributed by atoms with Crippen molar-refractivity contribution in [1.29, 1.82) is 0 Å². The van der Waals surface area contributed by atoms with Gasteiger partial charge in [0.05, 0.1) is 0 Å². The lowest BCUT2D eigenvalue weighted by atomic mass is 10.1. The molecule has 0 aromatic heterocycles. The summed E-state index contributed by atoms with van der Waals surface area (Å²) >= 11 is 3.36. The zero-order chi connectivity index (χ0) is 15.3. The van der Waals surface area contributed by atoms with Gasteiger partial charge >= 0.3 is 5.92 Å². The summed E-state index contributed by atoms with van der Waals surface area (Å²) in [4.78, 5) is 0. The third-order valence-electron chi connectivity index (χ3n) is 2.99. The Kier molecular flexibility index (Phi) is 5.31. The van der Waals surface area contributed by atoms with E-state index in [1.807, 2.05) is 6.07 Å². The Morgan fingerprint density at radius 2 is 1.86 bits per heavy atom. The van der Waals surface area contributed by atoms with Crippen LogP contribution in [0.4, 0.5) is 8.78 Å². The topological polar surface area (TPSA) is 21.3 Å². The van der Waals surface area contributed by atoms with E-state index in [1.165, 1.54) is 12.1 Å². The van der Waals surface area contributed by atoms with Gasteiger partial charge < -0.3 is 10.1 Å². The zero-order valence-corrected chi connectivity index (χ0v) is 13.2. The zero-order valence-electron chi connectivity index (χ0n) is 11.6. The summed E-state index contributed by atoms with van der Waals surface area (Å²) in [5.41, 5.74) is 0.785. The molecule has 0 spiro atoms. The Morgan fingerprint density at radius 1 is 1.14 bits per heavy atom. The second kappa shape index (κ2) is 7.00. The summed E-state index contributed by atoms with van der Waals surface area (Å²) in [6.07, 6.45) is 0. The van der Waals surface area contributed by atoms with Crippen molar-refractivity contribution in [2.24, 2.45) is 0 Å². The number of alkyl halides is 2. The average Bonchev–Trinajstić information content (AvgIpc) is 2.48. The average molecular weight is 356 g/mol. The van der Waals surface area contributed by atoms with Crippen LogP contribution in [0.5, 0.6) is 5.75 Å². The normalized spacial score (nSPS) is 11.4. The lowest BCUT2D eigenvalue weighted by molar-refractivity contribution is -0.0469. The van der Waals surface area contributed by atoms with E-state index in [-0.39, 0.29) is 5.56 Å². The monoisotopic (exact) mass is 355 g/mol. The third-order valence-corrected chi connectivity index (χ3v) is 3.49. The van der Waals surface area contributed by atoms with Gasteiger partial charge in [-0.1, -0.05) is 46.3 Å². The van der Waals surface area contributed by atoms with Crippen molar-refractivity contribution in [3.63, 3.8) is 0 Å². The van der Waals surface area contributed by atoms with E-state index in [0.29, 0.717) is 12.3 Å². The summed E-state index contributed by atoms with van der Waals surface area (Å²) in [6, 6.07) is 13.0. The number of nitrogens with one attached hydrogen (secondary N) is 1. The first kappa shape index (κ1) is 15.9. The van der Waals surface area contributed by atoms with Crippen LogP contribution in [0.2, 0.25) is 0 Å². The van der Waals surface area contributed by atoms with Crippen LogP contribution >= 0.6 is 15.9 Å². The molecule has 0 bridgehead atoms. The minimum atomic E-state index is -3.02. The minimum absolute atomic E-state index is 0.0442. The highest BCUT2D eigenvalue weighted by atomic mass is 79.9. The summed E-state index contributed by atoms with van der Waals surface area (Å²) in [6.45, 7) is -0.138. The van der Waals surface area contributed by atoms with Gasteiger partial charge in [0.15, 0.2) is 6.61 Å². The molecular formula is C16H16BrF2NO. The first-order chi connectivity index (χ1) is 10.0. The van der Waals surface area contributed by atoms with E-state index >= 15 is 0 Å². The van der Waals surface area contributed by atoms with Crippen LogP contribution in [-0.4, -0.2) is 13.7 Å². The molecule has 0 radical (unpaired) electrons. The fourth-order valence-corrected chi connectivity index (χ4v) is 2.36. The van der Waals surface area contributed by atoms with E-state index in [1.54, 1.807) is 37.4 Å². The highest BCUT2D eigenvalue weighted by Crippen LogP contribution is 2.30. The van der Waals surface area contributed by atoms with Gasteiger partial charge in [0.25, 0.3) is 0 Å². The number of ether oxygens (including phenoxy) is 1. The minimum Gasteiger partial charge on any atom is -0.487 e. The second-order valence-electron chi connectivity index (χ2n) is 4.64. The van der Waals surface area contributed by atoms with Crippen LogP contribution in [0.25, 0.3) is 0 Å². The molecule has 0 fully saturated rings. The first-order valence-electron chi connectivity index (χ1n) is 6.52. The predicted molar refractivity (Wildman–Crippen MR) is 82.7 cm³/mol. The second-order valence-corrected chi connectivity index (χ2v) is 5.56. The quantitative estimate of drug-likeness (QED) is 0.832. The summed E-state index contributed by atoms with van der Waals surface area (Å²) in [5, 5.41) is 2.99. The smallest absolute Gasteiger partial charge is 0.306 e. The van der Waals surface area contributed by atoms with Crippen molar-refractivity contribution in [3.8, 4) is 5.75 Å². The Balaban J connectivity index is 2.12. The molecular weight excluding hydrogens is 340 g/mol. The summed E-state index contributed by atoms with van der Waals surface area (Å²) in [7, 11) is 1.79. The first-order valence-corrected chi connectivity index (χ1v) is 7.31. The van der Waals surface area contributed by atoms with Gasteiger partial charge in [-0.3, -0.25) is 0 Å². The largest absolute Gasteiger partial charge is 0.487 e. The Labute approximate surface area is 131 Å². The van der Waals surface area contributed by atoms with Gasteiger partial charge in [-0.05, 0) is 25.2 Å². The molecule has 5 heteroatoms.